The molecule has 236 valence electrons. The van der Waals surface area contributed by atoms with Crippen molar-refractivity contribution in [1.82, 2.24) is 29.4 Å². The first-order valence-corrected chi connectivity index (χ1v) is 12.8. The second kappa shape index (κ2) is 10.6. The Morgan fingerprint density at radius 3 is 2.36 bits per heavy atom. The fourth-order valence-corrected chi connectivity index (χ4v) is 5.23. The Labute approximate surface area is 242 Å². The summed E-state index contributed by atoms with van der Waals surface area (Å²) < 4.78 is 104. The van der Waals surface area contributed by atoms with Gasteiger partial charge in [-0.1, -0.05) is 0 Å². The zero-order valence-electron chi connectivity index (χ0n) is 22.5. The number of ether oxygens (including phenoxy) is 1. The fourth-order valence-electron chi connectivity index (χ4n) is 5.23. The molecule has 12 nitrogen and oxygen atoms in total. The van der Waals surface area contributed by atoms with Crippen LogP contribution >= 0.6 is 0 Å². The van der Waals surface area contributed by atoms with E-state index in [9.17, 15) is 45.8 Å². The Kier molecular flexibility index (Phi) is 7.42. The van der Waals surface area contributed by atoms with Crippen molar-refractivity contribution in [2.45, 2.75) is 49.4 Å². The lowest BCUT2D eigenvalue weighted by atomic mass is 9.79. The maximum absolute atomic E-state index is 15.3. The molecule has 3 N–H and O–H groups in total. The average molecular weight is 633 g/mol. The Morgan fingerprint density at radius 1 is 1.11 bits per heavy atom. The second-order valence-corrected chi connectivity index (χ2v) is 10.3. The van der Waals surface area contributed by atoms with E-state index in [4.69, 9.17) is 10.5 Å². The monoisotopic (exact) mass is 633 g/mol. The van der Waals surface area contributed by atoms with Gasteiger partial charge in [0.25, 0.3) is 11.8 Å². The number of halogens is 7. The number of hydrogen-bond acceptors (Lipinski definition) is 9. The number of nitrogen functional groups attached to an aromatic ring is 1. The van der Waals surface area contributed by atoms with Crippen LogP contribution in [0.5, 0.6) is 5.88 Å². The molecule has 19 heteroatoms. The van der Waals surface area contributed by atoms with E-state index in [0.717, 1.165) is 35.1 Å². The van der Waals surface area contributed by atoms with E-state index >= 15 is 4.39 Å². The van der Waals surface area contributed by atoms with Crippen LogP contribution in [0, 0.1) is 0 Å². The summed E-state index contributed by atoms with van der Waals surface area (Å²) in [4.78, 5) is 46.7. The minimum absolute atomic E-state index is 0.0464. The molecule has 2 fully saturated rings. The van der Waals surface area contributed by atoms with Gasteiger partial charge in [-0.2, -0.15) is 31.4 Å². The van der Waals surface area contributed by atoms with Crippen molar-refractivity contribution in [1.29, 1.82) is 0 Å². The summed E-state index contributed by atoms with van der Waals surface area (Å²) in [5.41, 5.74) is 0.374. The molecular formula is C25H22F7N7O5. The first-order valence-electron chi connectivity index (χ1n) is 12.8. The van der Waals surface area contributed by atoms with Gasteiger partial charge in [-0.05, 0) is 31.4 Å². The van der Waals surface area contributed by atoms with Gasteiger partial charge in [0, 0.05) is 18.3 Å². The van der Waals surface area contributed by atoms with Crippen LogP contribution in [-0.2, 0) is 15.8 Å². The van der Waals surface area contributed by atoms with Gasteiger partial charge in [0.1, 0.15) is 29.2 Å². The molecule has 0 unspecified atom stereocenters. The number of likely N-dealkylation sites (tertiary alicyclic amines) is 1. The number of imide groups is 1. The lowest BCUT2D eigenvalue weighted by Gasteiger charge is -2.38. The van der Waals surface area contributed by atoms with E-state index in [2.05, 4.69) is 15.1 Å². The summed E-state index contributed by atoms with van der Waals surface area (Å²) in [6.45, 7) is -1.67. The molecule has 44 heavy (non-hydrogen) atoms. The van der Waals surface area contributed by atoms with Crippen LogP contribution in [0.2, 0.25) is 0 Å². The smallest absolute Gasteiger partial charge is 0.471 e. The van der Waals surface area contributed by atoms with Crippen LogP contribution in [0.15, 0.2) is 24.7 Å². The Morgan fingerprint density at radius 2 is 1.80 bits per heavy atom. The second-order valence-electron chi connectivity index (χ2n) is 10.3. The summed E-state index contributed by atoms with van der Waals surface area (Å²) in [6.07, 6.45) is -10.6. The summed E-state index contributed by atoms with van der Waals surface area (Å²) in [7, 11) is 0.976. The van der Waals surface area contributed by atoms with Crippen LogP contribution in [0.3, 0.4) is 0 Å². The van der Waals surface area contributed by atoms with Crippen molar-refractivity contribution < 1.29 is 55.0 Å². The van der Waals surface area contributed by atoms with Crippen LogP contribution in [-0.4, -0.2) is 96.4 Å². The fraction of sp³-hybridized carbons (Fsp3) is 0.440. The van der Waals surface area contributed by atoms with Gasteiger partial charge in [-0.3, -0.25) is 19.3 Å². The lowest BCUT2D eigenvalue weighted by molar-refractivity contribution is -0.185. The van der Waals surface area contributed by atoms with Gasteiger partial charge in [0.15, 0.2) is 5.82 Å². The van der Waals surface area contributed by atoms with Gasteiger partial charge in [-0.15, -0.1) is 0 Å². The third kappa shape index (κ3) is 5.13. The minimum atomic E-state index is -5.69. The van der Waals surface area contributed by atoms with Gasteiger partial charge in [0.05, 0.1) is 31.0 Å². The predicted octanol–water partition coefficient (Wildman–Crippen LogP) is 2.40. The number of hydrogen-bond donors (Lipinski definition) is 2. The topological polar surface area (TPSA) is 156 Å². The number of aromatic nitrogens is 4. The quantitative estimate of drug-likeness (QED) is 0.403. The zero-order chi connectivity index (χ0) is 32.4. The maximum Gasteiger partial charge on any atom is 0.471 e. The minimum Gasteiger partial charge on any atom is -0.480 e. The number of pyridine rings is 1. The van der Waals surface area contributed by atoms with Crippen molar-refractivity contribution in [2.75, 3.05) is 25.9 Å². The Hall–Kier alpha value is -4.55. The van der Waals surface area contributed by atoms with E-state index in [1.165, 1.54) is 0 Å². The molecule has 2 atom stereocenters. The van der Waals surface area contributed by atoms with Crippen molar-refractivity contribution in [2.24, 2.45) is 0 Å². The maximum atomic E-state index is 15.3. The molecule has 1 saturated heterocycles. The number of nitrogens with two attached hydrogens (primary N) is 1. The normalized spacial score (nSPS) is 20.0. The number of methoxy groups -OCH3 is 1. The van der Waals surface area contributed by atoms with Gasteiger partial charge in [-0.25, -0.2) is 18.9 Å². The van der Waals surface area contributed by atoms with E-state index in [-0.39, 0.29) is 24.1 Å². The molecular weight excluding hydrogens is 611 g/mol. The molecule has 4 heterocycles. The van der Waals surface area contributed by atoms with Gasteiger partial charge in [0.2, 0.25) is 5.88 Å². The molecule has 1 saturated carbocycles. The molecule has 0 bridgehead atoms. The van der Waals surface area contributed by atoms with Crippen molar-refractivity contribution in [3.63, 3.8) is 0 Å². The van der Waals surface area contributed by atoms with Crippen molar-refractivity contribution >= 4 is 29.1 Å². The van der Waals surface area contributed by atoms with Gasteiger partial charge >= 0.3 is 18.3 Å². The third-order valence-corrected chi connectivity index (χ3v) is 7.56. The Balaban J connectivity index is 1.60. The molecule has 1 aliphatic heterocycles. The van der Waals surface area contributed by atoms with E-state index in [1.807, 2.05) is 0 Å². The lowest BCUT2D eigenvalue weighted by Crippen LogP contribution is -2.55. The third-order valence-electron chi connectivity index (χ3n) is 7.56. The summed E-state index contributed by atoms with van der Waals surface area (Å²) >= 11 is 0. The number of nitrogens with zero attached hydrogens (tertiary/aromatic N) is 6. The number of aliphatic hydroxyl groups is 1. The van der Waals surface area contributed by atoms with E-state index < -0.39 is 94.2 Å². The molecule has 3 aromatic heterocycles. The highest BCUT2D eigenvalue weighted by Gasteiger charge is 2.54. The van der Waals surface area contributed by atoms with Crippen LogP contribution in [0.25, 0.3) is 16.8 Å². The number of rotatable bonds is 5. The van der Waals surface area contributed by atoms with Crippen molar-refractivity contribution in [3.8, 4) is 17.1 Å². The largest absolute Gasteiger partial charge is 0.480 e. The molecule has 0 radical (unpaired) electrons. The van der Waals surface area contributed by atoms with Gasteiger partial charge < -0.3 is 20.5 Å². The number of amides is 3. The highest BCUT2D eigenvalue weighted by atomic mass is 19.4. The summed E-state index contributed by atoms with van der Waals surface area (Å²) in [5, 5.41) is 14.1. The molecule has 2 aliphatic rings. The van der Waals surface area contributed by atoms with Crippen LogP contribution in [0.4, 0.5) is 36.6 Å². The SMILES string of the molecule is COc1ncc(-c2cc(C(F)(F)F)c3c(N)ncnn23)cc1C(=O)N(C(=O)C(F)(F)F)[C@@H]1CN(C(=O)C2(O)CCC2)C[C@@H]1F. The first kappa shape index (κ1) is 30.9. The number of fused-ring (bicyclic) bond motifs is 1. The predicted molar refractivity (Wildman–Crippen MR) is 133 cm³/mol. The summed E-state index contributed by atoms with van der Waals surface area (Å²) in [6, 6.07) is -0.746. The number of carbonyl (C=O) groups is 3. The van der Waals surface area contributed by atoms with E-state index in [1.54, 1.807) is 0 Å². The first-order chi connectivity index (χ1) is 20.5. The average Bonchev–Trinajstić information content (AvgIpc) is 3.52. The molecule has 0 spiro atoms. The highest BCUT2D eigenvalue weighted by molar-refractivity contribution is 6.08. The van der Waals surface area contributed by atoms with Crippen LogP contribution < -0.4 is 10.5 Å². The van der Waals surface area contributed by atoms with Crippen LogP contribution in [0.1, 0.15) is 35.2 Å². The molecule has 0 aromatic carbocycles. The molecule has 1 aliphatic carbocycles. The molecule has 3 aromatic rings. The molecule has 5 rings (SSSR count). The standard InChI is InChI=1S/C25H22F7N7O5/c1-44-19-12(5-11(7-34-19)15-6-13(24(27,28)29)17-18(33)35-10-36-39(15)17)20(40)38(22(42)25(30,31)32)16-9-37(8-14(16)26)21(41)23(43)3-2-4-23/h5-7,10,14,16,43H,2-4,8-9H2,1H3,(H2,33,35,36)/t14-,16+/m0/s1. The van der Waals surface area contributed by atoms with E-state index in [0.29, 0.717) is 12.5 Å². The highest BCUT2D eigenvalue weighted by Crippen LogP contribution is 2.40. The summed E-state index contributed by atoms with van der Waals surface area (Å²) in [5.74, 6) is -6.68. The molecule has 3 amide bonds. The Bertz CT molecular complexity index is 1650. The number of alkyl halides is 7. The number of carbonyl (C=O) groups excluding carboxylic acids is 3. The zero-order valence-corrected chi connectivity index (χ0v) is 22.5. The number of anilines is 1. The van der Waals surface area contributed by atoms with Crippen molar-refractivity contribution in [3.05, 3.63) is 35.8 Å².